The van der Waals surface area contributed by atoms with Gasteiger partial charge in [-0.25, -0.2) is 0 Å². The lowest BCUT2D eigenvalue weighted by Gasteiger charge is -2.15. The van der Waals surface area contributed by atoms with Gasteiger partial charge in [-0.3, -0.25) is 0 Å². The summed E-state index contributed by atoms with van der Waals surface area (Å²) in [4.78, 5) is 4.04. The highest BCUT2D eigenvalue weighted by molar-refractivity contribution is 7.99. The second kappa shape index (κ2) is 6.72. The highest BCUT2D eigenvalue weighted by atomic mass is 32.2. The van der Waals surface area contributed by atoms with Crippen LogP contribution in [0.3, 0.4) is 0 Å². The number of rotatable bonds is 3. The molecule has 1 aliphatic heterocycles. The fourth-order valence-electron chi connectivity index (χ4n) is 2.82. The third-order valence-corrected chi connectivity index (χ3v) is 5.37. The summed E-state index contributed by atoms with van der Waals surface area (Å²) in [5.74, 6) is 0.744. The molecule has 0 aromatic heterocycles. The number of benzene rings is 2. The SMILES string of the molecule is COc1ccc(Sc2c(O)c(O)cc3c2CCN(C)CC3)cc1. The molecule has 0 saturated heterocycles. The number of phenols is 2. The van der Waals surface area contributed by atoms with Crippen molar-refractivity contribution in [2.75, 3.05) is 27.2 Å². The van der Waals surface area contributed by atoms with Crippen LogP contribution in [0.15, 0.2) is 40.1 Å². The topological polar surface area (TPSA) is 52.9 Å². The summed E-state index contributed by atoms with van der Waals surface area (Å²) in [6.45, 7) is 1.91. The minimum absolute atomic E-state index is 0.0193. The standard InChI is InChI=1S/C18H21NO3S/c1-19-9-7-12-11-16(20)17(21)18(15(12)8-10-19)23-14-5-3-13(22-2)4-6-14/h3-6,11,20-21H,7-10H2,1-2H3. The molecule has 0 bridgehead atoms. The first-order chi connectivity index (χ1) is 11.1. The summed E-state index contributed by atoms with van der Waals surface area (Å²) in [6.07, 6.45) is 1.76. The molecule has 0 fully saturated rings. The van der Waals surface area contributed by atoms with E-state index in [1.165, 1.54) is 11.8 Å². The third-order valence-electron chi connectivity index (χ3n) is 4.22. The molecule has 23 heavy (non-hydrogen) atoms. The summed E-state index contributed by atoms with van der Waals surface area (Å²) < 4.78 is 5.18. The molecule has 2 aromatic carbocycles. The largest absolute Gasteiger partial charge is 0.504 e. The third kappa shape index (κ3) is 3.41. The summed E-state index contributed by atoms with van der Waals surface area (Å²) in [7, 11) is 3.74. The minimum Gasteiger partial charge on any atom is -0.504 e. The molecular formula is C18H21NO3S. The zero-order valence-corrected chi connectivity index (χ0v) is 14.2. The Hall–Kier alpha value is -1.85. The molecule has 0 atom stereocenters. The molecule has 0 radical (unpaired) electrons. The van der Waals surface area contributed by atoms with Crippen molar-refractivity contribution >= 4 is 11.8 Å². The van der Waals surface area contributed by atoms with Crippen LogP contribution >= 0.6 is 11.8 Å². The highest BCUT2D eigenvalue weighted by Crippen LogP contribution is 2.44. The van der Waals surface area contributed by atoms with Crippen LogP contribution in [0, 0.1) is 0 Å². The predicted octanol–water partition coefficient (Wildman–Crippen LogP) is 3.29. The molecule has 3 rings (SSSR count). The van der Waals surface area contributed by atoms with Crippen molar-refractivity contribution in [1.82, 2.24) is 4.90 Å². The van der Waals surface area contributed by atoms with Crippen LogP contribution < -0.4 is 4.74 Å². The Morgan fingerprint density at radius 3 is 2.48 bits per heavy atom. The molecule has 1 heterocycles. The van der Waals surface area contributed by atoms with Gasteiger partial charge in [-0.05, 0) is 61.3 Å². The van der Waals surface area contributed by atoms with Gasteiger partial charge >= 0.3 is 0 Å². The quantitative estimate of drug-likeness (QED) is 0.845. The number of aromatic hydroxyl groups is 2. The molecule has 0 saturated carbocycles. The van der Waals surface area contributed by atoms with Gasteiger partial charge in [0, 0.05) is 18.0 Å². The van der Waals surface area contributed by atoms with E-state index >= 15 is 0 Å². The highest BCUT2D eigenvalue weighted by Gasteiger charge is 2.21. The first-order valence-corrected chi connectivity index (χ1v) is 8.47. The van der Waals surface area contributed by atoms with Crippen LogP contribution in [0.1, 0.15) is 11.1 Å². The van der Waals surface area contributed by atoms with E-state index in [-0.39, 0.29) is 11.5 Å². The second-order valence-corrected chi connectivity index (χ2v) is 6.88. The Morgan fingerprint density at radius 1 is 1.09 bits per heavy atom. The smallest absolute Gasteiger partial charge is 0.171 e. The maximum absolute atomic E-state index is 10.4. The Balaban J connectivity index is 1.98. The van der Waals surface area contributed by atoms with E-state index in [1.807, 2.05) is 24.3 Å². The molecule has 4 nitrogen and oxygen atoms in total. The van der Waals surface area contributed by atoms with Crippen LogP contribution in [-0.4, -0.2) is 42.4 Å². The number of ether oxygens (including phenoxy) is 1. The summed E-state index contributed by atoms with van der Waals surface area (Å²) >= 11 is 1.49. The summed E-state index contributed by atoms with van der Waals surface area (Å²) in [5, 5.41) is 20.4. The average molecular weight is 331 g/mol. The molecule has 2 N–H and O–H groups in total. The number of phenolic OH excluding ortho intramolecular Hbond substituents is 2. The van der Waals surface area contributed by atoms with Crippen molar-refractivity contribution in [1.29, 1.82) is 0 Å². The molecule has 122 valence electrons. The maximum Gasteiger partial charge on any atom is 0.171 e. The molecule has 0 spiro atoms. The second-order valence-electron chi connectivity index (χ2n) is 5.79. The predicted molar refractivity (Wildman–Crippen MR) is 91.8 cm³/mol. The molecule has 0 amide bonds. The first kappa shape index (κ1) is 16.0. The Labute approximate surface area is 140 Å². The average Bonchev–Trinajstić information content (AvgIpc) is 2.74. The Bertz CT molecular complexity index is 700. The van der Waals surface area contributed by atoms with E-state index in [9.17, 15) is 10.2 Å². The van der Waals surface area contributed by atoms with Crippen LogP contribution in [0.2, 0.25) is 0 Å². The van der Waals surface area contributed by atoms with Gasteiger partial charge < -0.3 is 19.8 Å². The van der Waals surface area contributed by atoms with Crippen molar-refractivity contribution in [3.63, 3.8) is 0 Å². The fraction of sp³-hybridized carbons (Fsp3) is 0.333. The summed E-state index contributed by atoms with van der Waals surface area (Å²) in [5.41, 5.74) is 2.27. The first-order valence-electron chi connectivity index (χ1n) is 7.65. The van der Waals surface area contributed by atoms with Gasteiger partial charge in [0.25, 0.3) is 0 Å². The van der Waals surface area contributed by atoms with Crippen LogP contribution in [0.5, 0.6) is 17.2 Å². The van der Waals surface area contributed by atoms with Crippen molar-refractivity contribution in [2.24, 2.45) is 0 Å². The molecular weight excluding hydrogens is 310 g/mol. The molecule has 5 heteroatoms. The lowest BCUT2D eigenvalue weighted by atomic mass is 10.0. The van der Waals surface area contributed by atoms with E-state index in [1.54, 1.807) is 13.2 Å². The monoisotopic (exact) mass is 331 g/mol. The van der Waals surface area contributed by atoms with Crippen LogP contribution in [-0.2, 0) is 12.8 Å². The molecule has 2 aromatic rings. The van der Waals surface area contributed by atoms with E-state index in [2.05, 4.69) is 11.9 Å². The number of methoxy groups -OCH3 is 1. The normalized spacial score (nSPS) is 15.0. The number of fused-ring (bicyclic) bond motifs is 1. The van der Waals surface area contributed by atoms with Gasteiger partial charge in [0.2, 0.25) is 0 Å². The van der Waals surface area contributed by atoms with Crippen molar-refractivity contribution in [2.45, 2.75) is 22.6 Å². The molecule has 0 unspecified atom stereocenters. The zero-order valence-electron chi connectivity index (χ0n) is 13.4. The summed E-state index contributed by atoms with van der Waals surface area (Å²) in [6, 6.07) is 9.43. The van der Waals surface area contributed by atoms with Crippen molar-refractivity contribution < 1.29 is 14.9 Å². The van der Waals surface area contributed by atoms with Gasteiger partial charge in [0.15, 0.2) is 11.5 Å². The lowest BCUT2D eigenvalue weighted by Crippen LogP contribution is -2.20. The Morgan fingerprint density at radius 2 is 1.78 bits per heavy atom. The van der Waals surface area contributed by atoms with E-state index in [4.69, 9.17) is 4.74 Å². The number of hydrogen-bond donors (Lipinski definition) is 2. The number of hydrogen-bond acceptors (Lipinski definition) is 5. The zero-order chi connectivity index (χ0) is 16.4. The van der Waals surface area contributed by atoms with E-state index in [0.717, 1.165) is 52.6 Å². The number of likely N-dealkylation sites (N-methyl/N-ethyl adjacent to an activating group) is 1. The van der Waals surface area contributed by atoms with Gasteiger partial charge in [-0.1, -0.05) is 11.8 Å². The van der Waals surface area contributed by atoms with Gasteiger partial charge in [-0.2, -0.15) is 0 Å². The minimum atomic E-state index is -0.0377. The van der Waals surface area contributed by atoms with Gasteiger partial charge in [0.1, 0.15) is 5.75 Å². The molecule has 1 aliphatic rings. The fourth-order valence-corrected chi connectivity index (χ4v) is 3.89. The van der Waals surface area contributed by atoms with E-state index in [0.29, 0.717) is 0 Å². The van der Waals surface area contributed by atoms with Crippen LogP contribution in [0.4, 0.5) is 0 Å². The molecule has 0 aliphatic carbocycles. The van der Waals surface area contributed by atoms with Crippen LogP contribution in [0.25, 0.3) is 0 Å². The van der Waals surface area contributed by atoms with Gasteiger partial charge in [0.05, 0.1) is 12.0 Å². The van der Waals surface area contributed by atoms with Crippen molar-refractivity contribution in [3.05, 3.63) is 41.5 Å². The number of nitrogens with zero attached hydrogens (tertiary/aromatic N) is 1. The van der Waals surface area contributed by atoms with Crippen molar-refractivity contribution in [3.8, 4) is 17.2 Å². The maximum atomic E-state index is 10.4. The van der Waals surface area contributed by atoms with Gasteiger partial charge in [-0.15, -0.1) is 0 Å². The lowest BCUT2D eigenvalue weighted by molar-refractivity contribution is 0.352. The Kier molecular flexibility index (Phi) is 4.68. The van der Waals surface area contributed by atoms with E-state index < -0.39 is 0 Å².